The first-order chi connectivity index (χ1) is 8.22. The lowest BCUT2D eigenvalue weighted by Gasteiger charge is -2.11. The summed E-state index contributed by atoms with van der Waals surface area (Å²) in [6, 6.07) is 0.386. The third kappa shape index (κ3) is 2.95. The second-order valence-electron chi connectivity index (χ2n) is 4.03. The van der Waals surface area contributed by atoms with Crippen molar-refractivity contribution in [3.05, 3.63) is 11.1 Å². The number of anilines is 1. The van der Waals surface area contributed by atoms with Crippen molar-refractivity contribution >= 4 is 22.4 Å². The zero-order valence-corrected chi connectivity index (χ0v) is 10.8. The standard InChI is InChI=1S/C11H16N2O3S/c1-15-8-4-3-7(5-8)13-11-12-6-9(17-11)10(14)16-2/h6-8H,3-5H2,1-2H3,(H,12,13). The molecule has 0 amide bonds. The predicted molar refractivity (Wildman–Crippen MR) is 65.5 cm³/mol. The van der Waals surface area contributed by atoms with E-state index in [1.54, 1.807) is 13.3 Å². The second-order valence-corrected chi connectivity index (χ2v) is 5.06. The summed E-state index contributed by atoms with van der Waals surface area (Å²) in [4.78, 5) is 16.0. The Morgan fingerprint density at radius 2 is 2.35 bits per heavy atom. The van der Waals surface area contributed by atoms with Gasteiger partial charge in [0.05, 0.1) is 19.4 Å². The minimum atomic E-state index is -0.336. The van der Waals surface area contributed by atoms with Crippen LogP contribution in [-0.2, 0) is 9.47 Å². The van der Waals surface area contributed by atoms with Gasteiger partial charge in [0.15, 0.2) is 5.13 Å². The van der Waals surface area contributed by atoms with Gasteiger partial charge in [-0.25, -0.2) is 9.78 Å². The topological polar surface area (TPSA) is 60.5 Å². The maximum absolute atomic E-state index is 11.3. The third-order valence-corrected chi connectivity index (χ3v) is 3.85. The van der Waals surface area contributed by atoms with Gasteiger partial charge in [-0.1, -0.05) is 11.3 Å². The van der Waals surface area contributed by atoms with Gasteiger partial charge in [-0.15, -0.1) is 0 Å². The SMILES string of the molecule is COC(=O)c1cnc(NC2CCC(OC)C2)s1. The van der Waals surface area contributed by atoms with E-state index in [2.05, 4.69) is 15.0 Å². The van der Waals surface area contributed by atoms with Crippen LogP contribution >= 0.6 is 11.3 Å². The van der Waals surface area contributed by atoms with Crippen molar-refractivity contribution in [3.63, 3.8) is 0 Å². The molecule has 0 radical (unpaired) electrons. The number of ether oxygens (including phenoxy) is 2. The number of carbonyl (C=O) groups is 1. The lowest BCUT2D eigenvalue weighted by atomic mass is 10.2. The van der Waals surface area contributed by atoms with Crippen molar-refractivity contribution in [3.8, 4) is 0 Å². The number of rotatable bonds is 4. The fourth-order valence-corrected chi connectivity index (χ4v) is 2.81. The first-order valence-corrected chi connectivity index (χ1v) is 6.38. The molecule has 5 nitrogen and oxygen atoms in total. The first kappa shape index (κ1) is 12.3. The zero-order valence-electron chi connectivity index (χ0n) is 9.93. The van der Waals surface area contributed by atoms with Crippen molar-refractivity contribution in [1.82, 2.24) is 4.98 Å². The van der Waals surface area contributed by atoms with Crippen LogP contribution in [0, 0.1) is 0 Å². The van der Waals surface area contributed by atoms with Crippen LogP contribution in [0.4, 0.5) is 5.13 Å². The molecule has 0 saturated heterocycles. The van der Waals surface area contributed by atoms with Gasteiger partial charge in [0.2, 0.25) is 0 Å². The molecular formula is C11H16N2O3S. The van der Waals surface area contributed by atoms with Crippen LogP contribution in [0.5, 0.6) is 0 Å². The molecule has 0 spiro atoms. The fraction of sp³-hybridized carbons (Fsp3) is 0.636. The molecule has 2 atom stereocenters. The smallest absolute Gasteiger partial charge is 0.349 e. The lowest BCUT2D eigenvalue weighted by molar-refractivity contribution is 0.0606. The number of thiazole rings is 1. The monoisotopic (exact) mass is 256 g/mol. The molecule has 94 valence electrons. The van der Waals surface area contributed by atoms with Gasteiger partial charge in [0.25, 0.3) is 0 Å². The van der Waals surface area contributed by atoms with Crippen LogP contribution in [0.25, 0.3) is 0 Å². The number of hydrogen-bond donors (Lipinski definition) is 1. The Bertz CT molecular complexity index is 394. The molecule has 1 saturated carbocycles. The normalized spacial score (nSPS) is 23.6. The summed E-state index contributed by atoms with van der Waals surface area (Å²) in [5.74, 6) is -0.336. The predicted octanol–water partition coefficient (Wildman–Crippen LogP) is 1.91. The molecule has 1 aliphatic carbocycles. The minimum Gasteiger partial charge on any atom is -0.465 e. The molecule has 1 heterocycles. The van der Waals surface area contributed by atoms with E-state index in [1.807, 2.05) is 0 Å². The van der Waals surface area contributed by atoms with E-state index in [9.17, 15) is 4.79 Å². The summed E-state index contributed by atoms with van der Waals surface area (Å²) in [6.07, 6.45) is 5.02. The van der Waals surface area contributed by atoms with Crippen molar-refractivity contribution in [2.45, 2.75) is 31.4 Å². The van der Waals surface area contributed by atoms with Crippen molar-refractivity contribution in [1.29, 1.82) is 0 Å². The van der Waals surface area contributed by atoms with Gasteiger partial charge in [0.1, 0.15) is 4.88 Å². The van der Waals surface area contributed by atoms with E-state index < -0.39 is 0 Å². The number of hydrogen-bond acceptors (Lipinski definition) is 6. The van der Waals surface area contributed by atoms with E-state index in [0.29, 0.717) is 17.0 Å². The van der Waals surface area contributed by atoms with Crippen molar-refractivity contribution in [2.75, 3.05) is 19.5 Å². The summed E-state index contributed by atoms with van der Waals surface area (Å²) < 4.78 is 9.95. The van der Waals surface area contributed by atoms with Gasteiger partial charge < -0.3 is 14.8 Å². The number of esters is 1. The molecule has 1 aliphatic rings. The molecule has 1 aromatic rings. The maximum Gasteiger partial charge on any atom is 0.349 e. The average molecular weight is 256 g/mol. The Morgan fingerprint density at radius 1 is 1.53 bits per heavy atom. The quantitative estimate of drug-likeness (QED) is 0.834. The van der Waals surface area contributed by atoms with Crippen molar-refractivity contribution in [2.24, 2.45) is 0 Å². The van der Waals surface area contributed by atoms with E-state index in [4.69, 9.17) is 4.74 Å². The number of carbonyl (C=O) groups excluding carboxylic acids is 1. The van der Waals surface area contributed by atoms with E-state index in [0.717, 1.165) is 24.4 Å². The number of methoxy groups -OCH3 is 2. The summed E-state index contributed by atoms with van der Waals surface area (Å²) in [5.41, 5.74) is 0. The molecule has 1 N–H and O–H groups in total. The van der Waals surface area contributed by atoms with Crippen LogP contribution in [0.15, 0.2) is 6.20 Å². The van der Waals surface area contributed by atoms with Crippen molar-refractivity contribution < 1.29 is 14.3 Å². The highest BCUT2D eigenvalue weighted by Crippen LogP contribution is 2.27. The maximum atomic E-state index is 11.3. The molecule has 1 fully saturated rings. The number of nitrogens with one attached hydrogen (secondary N) is 1. The first-order valence-electron chi connectivity index (χ1n) is 5.56. The van der Waals surface area contributed by atoms with E-state index in [1.165, 1.54) is 18.4 Å². The molecule has 2 rings (SSSR count). The molecule has 0 aliphatic heterocycles. The third-order valence-electron chi connectivity index (χ3n) is 2.94. The van der Waals surface area contributed by atoms with Crippen LogP contribution in [0.1, 0.15) is 28.9 Å². The van der Waals surface area contributed by atoms with Gasteiger partial charge in [-0.05, 0) is 19.3 Å². The highest BCUT2D eigenvalue weighted by Gasteiger charge is 2.25. The van der Waals surface area contributed by atoms with E-state index >= 15 is 0 Å². The van der Waals surface area contributed by atoms with Crippen LogP contribution in [0.3, 0.4) is 0 Å². The second kappa shape index (κ2) is 5.46. The summed E-state index contributed by atoms with van der Waals surface area (Å²) >= 11 is 1.32. The molecule has 17 heavy (non-hydrogen) atoms. The number of nitrogens with zero attached hydrogens (tertiary/aromatic N) is 1. The molecule has 0 bridgehead atoms. The molecule has 0 aromatic carbocycles. The van der Waals surface area contributed by atoms with Crippen LogP contribution < -0.4 is 5.32 Å². The Morgan fingerprint density at radius 3 is 3.00 bits per heavy atom. The molecule has 2 unspecified atom stereocenters. The van der Waals surface area contributed by atoms with Gasteiger partial charge in [0, 0.05) is 13.2 Å². The van der Waals surface area contributed by atoms with Gasteiger partial charge in [-0.3, -0.25) is 0 Å². The van der Waals surface area contributed by atoms with E-state index in [-0.39, 0.29) is 5.97 Å². The zero-order chi connectivity index (χ0) is 12.3. The van der Waals surface area contributed by atoms with Crippen LogP contribution in [0.2, 0.25) is 0 Å². The minimum absolute atomic E-state index is 0.336. The fourth-order valence-electron chi connectivity index (χ4n) is 2.00. The molecular weight excluding hydrogens is 240 g/mol. The summed E-state index contributed by atoms with van der Waals surface area (Å²) in [7, 11) is 3.11. The molecule has 6 heteroatoms. The number of aromatic nitrogens is 1. The Labute approximate surface area is 104 Å². The van der Waals surface area contributed by atoms with Gasteiger partial charge >= 0.3 is 5.97 Å². The molecule has 1 aromatic heterocycles. The highest BCUT2D eigenvalue weighted by molar-refractivity contribution is 7.17. The highest BCUT2D eigenvalue weighted by atomic mass is 32.1. The Hall–Kier alpha value is -1.14. The Balaban J connectivity index is 1.91. The largest absolute Gasteiger partial charge is 0.465 e. The summed E-state index contributed by atoms with van der Waals surface area (Å²) in [6.45, 7) is 0. The lowest BCUT2D eigenvalue weighted by Crippen LogP contribution is -2.16. The average Bonchev–Trinajstić information content (AvgIpc) is 2.97. The van der Waals surface area contributed by atoms with Gasteiger partial charge in [-0.2, -0.15) is 0 Å². The Kier molecular flexibility index (Phi) is 3.96. The summed E-state index contributed by atoms with van der Waals surface area (Å²) in [5, 5.41) is 4.09. The van der Waals surface area contributed by atoms with Crippen LogP contribution in [-0.4, -0.2) is 37.3 Å².